The Bertz CT molecular complexity index is 318. The predicted octanol–water partition coefficient (Wildman–Crippen LogP) is 2.53. The maximum Gasteiger partial charge on any atom is 0.387 e. The van der Waals surface area contributed by atoms with Crippen LogP contribution in [0.4, 0.5) is 8.78 Å². The lowest BCUT2D eigenvalue weighted by atomic mass is 9.78. The normalized spacial score (nSPS) is 25.1. The number of alkyl halides is 2. The minimum absolute atomic E-state index is 0.175. The summed E-state index contributed by atoms with van der Waals surface area (Å²) in [4.78, 5) is 0. The van der Waals surface area contributed by atoms with Gasteiger partial charge in [-0.3, -0.25) is 0 Å². The Morgan fingerprint density at radius 3 is 2.27 bits per heavy atom. The molecule has 1 N–H and O–H groups in total. The zero-order valence-corrected chi connectivity index (χ0v) is 8.07. The number of halogens is 2. The minimum Gasteiger partial charge on any atom is -0.435 e. The van der Waals surface area contributed by atoms with Gasteiger partial charge in [-0.1, -0.05) is 12.1 Å². The van der Waals surface area contributed by atoms with E-state index >= 15 is 0 Å². The molecular formula is C11H12F2O2. The highest BCUT2D eigenvalue weighted by Crippen LogP contribution is 2.37. The smallest absolute Gasteiger partial charge is 0.387 e. The summed E-state index contributed by atoms with van der Waals surface area (Å²) in [5.41, 5.74) is 1.07. The quantitative estimate of drug-likeness (QED) is 0.837. The predicted molar refractivity (Wildman–Crippen MR) is 51.1 cm³/mol. The Morgan fingerprint density at radius 2 is 1.80 bits per heavy atom. The van der Waals surface area contributed by atoms with E-state index in [-0.39, 0.29) is 11.9 Å². The highest BCUT2D eigenvalue weighted by atomic mass is 19.3. The highest BCUT2D eigenvalue weighted by molar-refractivity contribution is 5.30. The number of rotatable bonds is 3. The lowest BCUT2D eigenvalue weighted by molar-refractivity contribution is -0.0498. The van der Waals surface area contributed by atoms with Gasteiger partial charge in [0.05, 0.1) is 6.10 Å². The number of ether oxygens (including phenoxy) is 1. The Morgan fingerprint density at radius 1 is 1.20 bits per heavy atom. The van der Waals surface area contributed by atoms with Crippen molar-refractivity contribution in [1.29, 1.82) is 0 Å². The van der Waals surface area contributed by atoms with Crippen molar-refractivity contribution in [2.24, 2.45) is 0 Å². The maximum absolute atomic E-state index is 11.9. The van der Waals surface area contributed by atoms with Crippen molar-refractivity contribution in [1.82, 2.24) is 0 Å². The molecule has 1 saturated carbocycles. The number of hydrogen-bond donors (Lipinski definition) is 1. The van der Waals surface area contributed by atoms with Gasteiger partial charge in [-0.2, -0.15) is 8.78 Å². The first kappa shape index (κ1) is 10.4. The molecule has 4 heteroatoms. The third-order valence-electron chi connectivity index (χ3n) is 2.69. The fourth-order valence-corrected chi connectivity index (χ4v) is 1.78. The molecule has 0 heterocycles. The van der Waals surface area contributed by atoms with Gasteiger partial charge in [0.1, 0.15) is 5.75 Å². The van der Waals surface area contributed by atoms with Crippen LogP contribution in [0.25, 0.3) is 0 Å². The molecule has 2 rings (SSSR count). The average molecular weight is 214 g/mol. The number of aliphatic hydroxyl groups excluding tert-OH is 1. The molecule has 1 aliphatic rings. The summed E-state index contributed by atoms with van der Waals surface area (Å²) in [5, 5.41) is 9.13. The molecule has 0 spiro atoms. The second-order valence-electron chi connectivity index (χ2n) is 3.77. The van der Waals surface area contributed by atoms with Crippen molar-refractivity contribution in [3.63, 3.8) is 0 Å². The molecule has 0 atom stereocenters. The Balaban J connectivity index is 1.98. The van der Waals surface area contributed by atoms with Crippen LogP contribution in [0.2, 0.25) is 0 Å². The first-order chi connectivity index (χ1) is 7.15. The van der Waals surface area contributed by atoms with E-state index in [0.717, 1.165) is 18.4 Å². The number of aliphatic hydroxyl groups is 1. The molecule has 0 radical (unpaired) electrons. The van der Waals surface area contributed by atoms with Crippen LogP contribution < -0.4 is 4.74 Å². The SMILES string of the molecule is OC1CC(c2ccc(OC(F)F)cc2)C1. The second kappa shape index (κ2) is 4.14. The van der Waals surface area contributed by atoms with Gasteiger partial charge in [0.25, 0.3) is 0 Å². The van der Waals surface area contributed by atoms with E-state index in [4.69, 9.17) is 5.11 Å². The van der Waals surface area contributed by atoms with Gasteiger partial charge in [-0.05, 0) is 36.5 Å². The minimum atomic E-state index is -2.78. The third kappa shape index (κ3) is 2.45. The first-order valence-electron chi connectivity index (χ1n) is 4.88. The van der Waals surface area contributed by atoms with Crippen LogP contribution in [-0.2, 0) is 0 Å². The van der Waals surface area contributed by atoms with Crippen molar-refractivity contribution in [3.8, 4) is 5.75 Å². The summed E-state index contributed by atoms with van der Waals surface area (Å²) >= 11 is 0. The summed E-state index contributed by atoms with van der Waals surface area (Å²) in [5.74, 6) is 0.536. The maximum atomic E-state index is 11.9. The second-order valence-corrected chi connectivity index (χ2v) is 3.77. The van der Waals surface area contributed by atoms with Crippen molar-refractivity contribution in [2.75, 3.05) is 0 Å². The van der Waals surface area contributed by atoms with Crippen molar-refractivity contribution >= 4 is 0 Å². The summed E-state index contributed by atoms with van der Waals surface area (Å²) in [6, 6.07) is 6.61. The molecule has 0 aliphatic heterocycles. The van der Waals surface area contributed by atoms with Crippen molar-refractivity contribution in [3.05, 3.63) is 29.8 Å². The van der Waals surface area contributed by atoms with E-state index in [0.29, 0.717) is 5.92 Å². The Hall–Kier alpha value is -1.16. The third-order valence-corrected chi connectivity index (χ3v) is 2.69. The largest absolute Gasteiger partial charge is 0.435 e. The van der Waals surface area contributed by atoms with Gasteiger partial charge in [-0.25, -0.2) is 0 Å². The van der Waals surface area contributed by atoms with E-state index in [1.54, 1.807) is 12.1 Å². The van der Waals surface area contributed by atoms with Crippen LogP contribution in [-0.4, -0.2) is 17.8 Å². The van der Waals surface area contributed by atoms with E-state index in [1.807, 2.05) is 0 Å². The molecule has 0 unspecified atom stereocenters. The number of hydrogen-bond acceptors (Lipinski definition) is 2. The molecule has 2 nitrogen and oxygen atoms in total. The van der Waals surface area contributed by atoms with Gasteiger partial charge in [0.2, 0.25) is 0 Å². The van der Waals surface area contributed by atoms with E-state index in [2.05, 4.69) is 4.74 Å². The lowest BCUT2D eigenvalue weighted by Crippen LogP contribution is -2.26. The molecular weight excluding hydrogens is 202 g/mol. The van der Waals surface area contributed by atoms with Gasteiger partial charge in [-0.15, -0.1) is 0 Å². The van der Waals surface area contributed by atoms with Crippen LogP contribution in [0.3, 0.4) is 0 Å². The summed E-state index contributed by atoms with van der Waals surface area (Å²) in [7, 11) is 0. The molecule has 0 saturated heterocycles. The molecule has 0 aromatic heterocycles. The highest BCUT2D eigenvalue weighted by Gasteiger charge is 2.28. The van der Waals surface area contributed by atoms with Gasteiger partial charge in [0.15, 0.2) is 0 Å². The molecule has 0 amide bonds. The van der Waals surface area contributed by atoms with Gasteiger partial charge >= 0.3 is 6.61 Å². The molecule has 0 bridgehead atoms. The standard InChI is InChI=1S/C11H12F2O2/c12-11(13)15-10-3-1-7(2-4-10)8-5-9(14)6-8/h1-4,8-9,11,14H,5-6H2. The summed E-state index contributed by atoms with van der Waals surface area (Å²) < 4.78 is 27.9. The van der Waals surface area contributed by atoms with E-state index in [1.165, 1.54) is 12.1 Å². The topological polar surface area (TPSA) is 29.5 Å². The van der Waals surface area contributed by atoms with Crippen LogP contribution in [0.1, 0.15) is 24.3 Å². The molecule has 15 heavy (non-hydrogen) atoms. The summed E-state index contributed by atoms with van der Waals surface area (Å²) in [6.45, 7) is -2.78. The summed E-state index contributed by atoms with van der Waals surface area (Å²) in [6.07, 6.45) is 1.32. The monoisotopic (exact) mass is 214 g/mol. The Kier molecular flexibility index (Phi) is 2.86. The fraction of sp³-hybridized carbons (Fsp3) is 0.455. The molecule has 1 fully saturated rings. The van der Waals surface area contributed by atoms with Gasteiger partial charge < -0.3 is 9.84 Å². The number of benzene rings is 1. The van der Waals surface area contributed by atoms with Crippen molar-refractivity contribution < 1.29 is 18.6 Å². The van der Waals surface area contributed by atoms with Crippen LogP contribution in [0.5, 0.6) is 5.75 Å². The molecule has 1 aromatic carbocycles. The van der Waals surface area contributed by atoms with Gasteiger partial charge in [0, 0.05) is 0 Å². The Labute approximate surface area is 86.5 Å². The fourth-order valence-electron chi connectivity index (χ4n) is 1.78. The van der Waals surface area contributed by atoms with E-state index in [9.17, 15) is 8.78 Å². The van der Waals surface area contributed by atoms with Crippen molar-refractivity contribution in [2.45, 2.75) is 31.5 Å². The van der Waals surface area contributed by atoms with Crippen LogP contribution in [0.15, 0.2) is 24.3 Å². The van der Waals surface area contributed by atoms with E-state index < -0.39 is 6.61 Å². The first-order valence-corrected chi connectivity index (χ1v) is 4.88. The zero-order valence-electron chi connectivity index (χ0n) is 8.07. The molecule has 82 valence electrons. The molecule has 1 aromatic rings. The lowest BCUT2D eigenvalue weighted by Gasteiger charge is -2.31. The van der Waals surface area contributed by atoms with Crippen LogP contribution >= 0.6 is 0 Å². The van der Waals surface area contributed by atoms with Crippen LogP contribution in [0, 0.1) is 0 Å². The molecule has 1 aliphatic carbocycles. The zero-order chi connectivity index (χ0) is 10.8. The average Bonchev–Trinajstić information content (AvgIpc) is 2.14.